The summed E-state index contributed by atoms with van der Waals surface area (Å²) in [6.45, 7) is 6.20. The Kier molecular flexibility index (Phi) is 5.52. The van der Waals surface area contributed by atoms with Gasteiger partial charge in [-0.3, -0.25) is 4.79 Å². The zero-order valence-corrected chi connectivity index (χ0v) is 14.5. The van der Waals surface area contributed by atoms with Crippen LogP contribution in [-0.4, -0.2) is 50.6 Å². The number of carbonyl (C=O) groups is 1. The van der Waals surface area contributed by atoms with Crippen LogP contribution in [0.4, 0.5) is 11.6 Å². The molecule has 1 N–H and O–H groups in total. The van der Waals surface area contributed by atoms with Crippen molar-refractivity contribution in [3.8, 4) is 0 Å². The second kappa shape index (κ2) is 8.00. The van der Waals surface area contributed by atoms with Crippen LogP contribution in [0.3, 0.4) is 0 Å². The van der Waals surface area contributed by atoms with Crippen LogP contribution >= 0.6 is 0 Å². The lowest BCUT2D eigenvalue weighted by Gasteiger charge is -2.33. The summed E-state index contributed by atoms with van der Waals surface area (Å²) in [7, 11) is -1.23. The number of amides is 1. The number of rotatable bonds is 5. The lowest BCUT2D eigenvalue weighted by Crippen LogP contribution is -2.47. The molecule has 1 atom stereocenters. The number of aromatic nitrogens is 2. The maximum absolute atomic E-state index is 12.7. The van der Waals surface area contributed by atoms with Gasteiger partial charge in [0.15, 0.2) is 0 Å². The molecule has 1 aromatic carbocycles. The van der Waals surface area contributed by atoms with E-state index in [-0.39, 0.29) is 5.91 Å². The number of nitrogens with one attached hydrogen (secondary N) is 1. The first-order valence-corrected chi connectivity index (χ1v) is 9.00. The number of piperazine rings is 1. The fourth-order valence-electron chi connectivity index (χ4n) is 2.51. The molecule has 3 rings (SSSR count). The third-order valence-electron chi connectivity index (χ3n) is 3.82. The average Bonchev–Trinajstić information content (AvgIpc) is 2.69. The van der Waals surface area contributed by atoms with Gasteiger partial charge in [-0.15, -0.1) is 0 Å². The van der Waals surface area contributed by atoms with Gasteiger partial charge in [0.1, 0.15) is 11.0 Å². The highest BCUT2D eigenvalue weighted by Gasteiger charge is 2.23. The third kappa shape index (κ3) is 4.28. The van der Waals surface area contributed by atoms with E-state index in [1.54, 1.807) is 42.7 Å². The van der Waals surface area contributed by atoms with E-state index in [9.17, 15) is 9.00 Å². The largest absolute Gasteiger partial charge is 0.338 e. The highest BCUT2D eigenvalue weighted by molar-refractivity contribution is 7.82. The van der Waals surface area contributed by atoms with E-state index in [0.29, 0.717) is 29.6 Å². The summed E-state index contributed by atoms with van der Waals surface area (Å²) in [5.41, 5.74) is 0.650. The van der Waals surface area contributed by atoms with Crippen molar-refractivity contribution in [2.45, 2.75) is 4.90 Å². The van der Waals surface area contributed by atoms with E-state index < -0.39 is 11.0 Å². The van der Waals surface area contributed by atoms with Crippen LogP contribution in [0.5, 0.6) is 0 Å². The lowest BCUT2D eigenvalue weighted by molar-refractivity contribution is -0.111. The van der Waals surface area contributed by atoms with Gasteiger partial charge >= 0.3 is 0 Å². The van der Waals surface area contributed by atoms with E-state index in [0.717, 1.165) is 13.1 Å². The van der Waals surface area contributed by atoms with E-state index in [2.05, 4.69) is 26.8 Å². The van der Waals surface area contributed by atoms with Gasteiger partial charge in [-0.25, -0.2) is 18.5 Å². The first-order valence-electron chi connectivity index (χ1n) is 7.89. The Labute approximate surface area is 149 Å². The summed E-state index contributed by atoms with van der Waals surface area (Å²) in [6, 6.07) is 8.80. The molecule has 0 saturated carbocycles. The molecule has 0 radical (unpaired) electrons. The molecule has 0 bridgehead atoms. The van der Waals surface area contributed by atoms with Crippen LogP contribution in [0, 0.1) is 0 Å². The predicted molar refractivity (Wildman–Crippen MR) is 97.5 cm³/mol. The minimum atomic E-state index is -1.23. The molecule has 1 amide bonds. The molecule has 1 aliphatic rings. The number of nitrogens with zero attached hydrogens (tertiary/aromatic N) is 4. The van der Waals surface area contributed by atoms with Gasteiger partial charge in [0.25, 0.3) is 0 Å². The summed E-state index contributed by atoms with van der Waals surface area (Å²) in [4.78, 5) is 22.6. The maximum atomic E-state index is 12.7. The zero-order chi connectivity index (χ0) is 17.6. The topological polar surface area (TPSA) is 78.4 Å². The second-order valence-electron chi connectivity index (χ2n) is 5.43. The molecule has 1 saturated heterocycles. The molecule has 1 fully saturated rings. The molecule has 1 unspecified atom stereocenters. The molecule has 7 nitrogen and oxygen atoms in total. The maximum Gasteiger partial charge on any atom is 0.247 e. The summed E-state index contributed by atoms with van der Waals surface area (Å²) in [6.07, 6.45) is 4.65. The number of hydrogen-bond acceptors (Lipinski definition) is 5. The fourth-order valence-corrected chi connectivity index (χ4v) is 3.67. The molecule has 0 aliphatic carbocycles. The number of anilines is 2. The SMILES string of the molecule is C=CC(=O)Nc1ccc(S(=O)N2CCN(c3ncccn3)CC2)cc1. The number of benzene rings is 1. The van der Waals surface area contributed by atoms with E-state index in [1.807, 2.05) is 4.31 Å². The lowest BCUT2D eigenvalue weighted by atomic mass is 10.3. The van der Waals surface area contributed by atoms with Gasteiger partial charge in [-0.1, -0.05) is 6.58 Å². The van der Waals surface area contributed by atoms with Gasteiger partial charge in [0.05, 0.1) is 4.90 Å². The van der Waals surface area contributed by atoms with Crippen molar-refractivity contribution in [3.63, 3.8) is 0 Å². The highest BCUT2D eigenvalue weighted by atomic mass is 32.2. The standard InChI is InChI=1S/C17H19N5O2S/c1-2-16(23)20-14-4-6-15(7-5-14)25(24)22-12-10-21(11-13-22)17-18-8-3-9-19-17/h2-9H,1,10-13H2,(H,20,23). The van der Waals surface area contributed by atoms with Crippen LogP contribution in [0.2, 0.25) is 0 Å². The van der Waals surface area contributed by atoms with Gasteiger partial charge in [-0.05, 0) is 36.4 Å². The van der Waals surface area contributed by atoms with Crippen molar-refractivity contribution in [1.29, 1.82) is 0 Å². The van der Waals surface area contributed by atoms with Crippen molar-refractivity contribution in [3.05, 3.63) is 55.4 Å². The average molecular weight is 357 g/mol. The van der Waals surface area contributed by atoms with Gasteiger partial charge in [-0.2, -0.15) is 0 Å². The number of carbonyl (C=O) groups excluding carboxylic acids is 1. The van der Waals surface area contributed by atoms with E-state index >= 15 is 0 Å². The molecule has 2 heterocycles. The van der Waals surface area contributed by atoms with Crippen LogP contribution in [0.15, 0.2) is 60.3 Å². The normalized spacial score (nSPS) is 16.2. The van der Waals surface area contributed by atoms with Gasteiger partial charge < -0.3 is 10.2 Å². The van der Waals surface area contributed by atoms with Crippen LogP contribution < -0.4 is 10.2 Å². The highest BCUT2D eigenvalue weighted by Crippen LogP contribution is 2.18. The van der Waals surface area contributed by atoms with Crippen molar-refractivity contribution >= 4 is 28.5 Å². The molecule has 1 aromatic heterocycles. The molecule has 0 spiro atoms. The molecule has 130 valence electrons. The molecule has 2 aromatic rings. The van der Waals surface area contributed by atoms with E-state index in [4.69, 9.17) is 0 Å². The van der Waals surface area contributed by atoms with Crippen LogP contribution in [0.25, 0.3) is 0 Å². The summed E-state index contributed by atoms with van der Waals surface area (Å²) < 4.78 is 14.6. The van der Waals surface area contributed by atoms with Gasteiger partial charge in [0.2, 0.25) is 11.9 Å². The summed E-state index contributed by atoms with van der Waals surface area (Å²) >= 11 is 0. The van der Waals surface area contributed by atoms with Crippen molar-refractivity contribution in [1.82, 2.24) is 14.3 Å². The molecule has 25 heavy (non-hydrogen) atoms. The van der Waals surface area contributed by atoms with Crippen molar-refractivity contribution < 1.29 is 9.00 Å². The van der Waals surface area contributed by atoms with Crippen molar-refractivity contribution in [2.75, 3.05) is 36.4 Å². The van der Waals surface area contributed by atoms with Crippen LogP contribution in [-0.2, 0) is 15.8 Å². The third-order valence-corrected chi connectivity index (χ3v) is 5.33. The smallest absolute Gasteiger partial charge is 0.247 e. The Hall–Kier alpha value is -2.58. The van der Waals surface area contributed by atoms with E-state index in [1.165, 1.54) is 6.08 Å². The van der Waals surface area contributed by atoms with Gasteiger partial charge in [0, 0.05) is 44.3 Å². The summed E-state index contributed by atoms with van der Waals surface area (Å²) in [5, 5.41) is 2.67. The zero-order valence-electron chi connectivity index (χ0n) is 13.7. The molecular weight excluding hydrogens is 338 g/mol. The number of hydrogen-bond donors (Lipinski definition) is 1. The van der Waals surface area contributed by atoms with Crippen LogP contribution in [0.1, 0.15) is 0 Å². The molecular formula is C17H19N5O2S. The fraction of sp³-hybridized carbons (Fsp3) is 0.235. The first kappa shape index (κ1) is 17.2. The predicted octanol–water partition coefficient (Wildman–Crippen LogP) is 1.45. The van der Waals surface area contributed by atoms with Crippen molar-refractivity contribution in [2.24, 2.45) is 0 Å². The Morgan fingerprint density at radius 3 is 2.36 bits per heavy atom. The first-order chi connectivity index (χ1) is 12.2. The quantitative estimate of drug-likeness (QED) is 0.820. The molecule has 8 heteroatoms. The Balaban J connectivity index is 1.59. The monoisotopic (exact) mass is 357 g/mol. The Morgan fingerprint density at radius 2 is 1.76 bits per heavy atom. The second-order valence-corrected chi connectivity index (χ2v) is 6.92. The minimum Gasteiger partial charge on any atom is -0.338 e. The minimum absolute atomic E-state index is 0.270. The Bertz CT molecular complexity index is 758. The Morgan fingerprint density at radius 1 is 1.12 bits per heavy atom. The molecule has 1 aliphatic heterocycles. The summed E-state index contributed by atoms with van der Waals surface area (Å²) in [5.74, 6) is 0.434.